The number of rotatable bonds is 8. The molecule has 5 aromatic rings. The predicted molar refractivity (Wildman–Crippen MR) is 217 cm³/mol. The van der Waals surface area contributed by atoms with Crippen molar-refractivity contribution in [2.24, 2.45) is 17.3 Å². The lowest BCUT2D eigenvalue weighted by Crippen LogP contribution is -2.54. The number of ether oxygens (including phenoxy) is 4. The van der Waals surface area contributed by atoms with Crippen LogP contribution in [0.2, 0.25) is 0 Å². The van der Waals surface area contributed by atoms with Crippen LogP contribution in [0.15, 0.2) is 97.1 Å². The Morgan fingerprint density at radius 1 is 0.772 bits per heavy atom. The number of carbonyl (C=O) groups excluding carboxylic acids is 2. The molecular weight excluding hydrogens is 721 g/mol. The number of benzene rings is 5. The lowest BCUT2D eigenvalue weighted by Gasteiger charge is -2.56. The summed E-state index contributed by atoms with van der Waals surface area (Å²) >= 11 is 0. The van der Waals surface area contributed by atoms with Gasteiger partial charge in [-0.3, -0.25) is 9.59 Å². The van der Waals surface area contributed by atoms with E-state index in [9.17, 15) is 24.9 Å². The number of phenols is 3. The van der Waals surface area contributed by atoms with Crippen molar-refractivity contribution >= 4 is 28.8 Å². The van der Waals surface area contributed by atoms with Gasteiger partial charge in [0.25, 0.3) is 0 Å². The van der Waals surface area contributed by atoms with Crippen molar-refractivity contribution in [2.45, 2.75) is 70.0 Å². The van der Waals surface area contributed by atoms with E-state index in [2.05, 4.69) is 24.3 Å². The molecule has 3 N–H and O–H groups in total. The molecule has 0 bridgehead atoms. The lowest BCUT2D eigenvalue weighted by molar-refractivity contribution is -0.164. The second-order valence-corrected chi connectivity index (χ2v) is 15.9. The molecule has 0 spiro atoms. The Kier molecular flexibility index (Phi) is 10.3. The number of hydrogen-bond acceptors (Lipinski definition) is 9. The van der Waals surface area contributed by atoms with E-state index in [-0.39, 0.29) is 53.8 Å². The fourth-order valence-electron chi connectivity index (χ4n) is 10.1. The van der Waals surface area contributed by atoms with Gasteiger partial charge in [-0.2, -0.15) is 0 Å². The smallest absolute Gasteiger partial charge is 0.310 e. The molecule has 0 aliphatic heterocycles. The second-order valence-electron chi connectivity index (χ2n) is 15.9. The Hall–Kier alpha value is -5.96. The quantitative estimate of drug-likeness (QED) is 0.133. The maximum Gasteiger partial charge on any atom is 0.310 e. The molecule has 0 saturated heterocycles. The van der Waals surface area contributed by atoms with Crippen molar-refractivity contribution < 1.29 is 43.9 Å². The lowest BCUT2D eigenvalue weighted by atomic mass is 9.49. The molecule has 9 nitrogen and oxygen atoms in total. The van der Waals surface area contributed by atoms with Crippen LogP contribution in [0.4, 0.5) is 0 Å². The summed E-state index contributed by atoms with van der Waals surface area (Å²) in [4.78, 5) is 27.0. The number of carbonyl (C=O) groups is 2. The van der Waals surface area contributed by atoms with E-state index in [1.807, 2.05) is 60.7 Å². The molecule has 1 fully saturated rings. The largest absolute Gasteiger partial charge is 0.508 e. The highest BCUT2D eigenvalue weighted by Gasteiger charge is 2.56. The molecule has 3 aliphatic carbocycles. The molecule has 1 saturated carbocycles. The maximum absolute atomic E-state index is 13.9. The third kappa shape index (κ3) is 7.51. The number of methoxy groups -OCH3 is 2. The highest BCUT2D eigenvalue weighted by Crippen LogP contribution is 2.60. The van der Waals surface area contributed by atoms with E-state index in [0.29, 0.717) is 37.2 Å². The van der Waals surface area contributed by atoms with Gasteiger partial charge in [-0.15, -0.1) is 0 Å². The van der Waals surface area contributed by atoms with Gasteiger partial charge in [0.1, 0.15) is 18.0 Å². The van der Waals surface area contributed by atoms with Crippen molar-refractivity contribution in [1.82, 2.24) is 0 Å². The Bertz CT molecular complexity index is 2350. The van der Waals surface area contributed by atoms with E-state index in [4.69, 9.17) is 18.9 Å². The average Bonchev–Trinajstić information content (AvgIpc) is 3.19. The van der Waals surface area contributed by atoms with Crippen LogP contribution in [0.5, 0.6) is 28.7 Å². The molecule has 0 aromatic heterocycles. The zero-order chi connectivity index (χ0) is 39.8. The first-order valence-corrected chi connectivity index (χ1v) is 19.6. The fraction of sp³-hybridized carbons (Fsp3) is 0.333. The first-order chi connectivity index (χ1) is 27.5. The summed E-state index contributed by atoms with van der Waals surface area (Å²) in [5.41, 5.74) is 5.33. The van der Waals surface area contributed by atoms with Crippen LogP contribution >= 0.6 is 0 Å². The van der Waals surface area contributed by atoms with Crippen LogP contribution in [0.3, 0.4) is 0 Å². The number of fused-ring (bicyclic) bond motifs is 7. The topological polar surface area (TPSA) is 132 Å². The standard InChI is InChI=1S/C48H48O9/c1-28(49)56-44-25-37(57-47(53)18-30-9-10-32-19-36(50)13-11-31(32)17-30)24-39-38-26-46(55-3)42(51)21-33(38)12-14-40(39)48(16-15-29-7-5-4-6-8-29)27-35-22-43(52)45(54-2)23-34(35)20-41(44)48/h4-11,13,15-17,19,21-23,26,37,39-41,44,50-52H,12,14,18,20,24-25,27H2,1-3H3/t37-,39+,40-,41+,44-,48-/m0/s1. The minimum atomic E-state index is -0.612. The molecule has 57 heavy (non-hydrogen) atoms. The summed E-state index contributed by atoms with van der Waals surface area (Å²) in [6.45, 7) is 1.43. The minimum Gasteiger partial charge on any atom is -0.508 e. The fourth-order valence-corrected chi connectivity index (χ4v) is 10.1. The van der Waals surface area contributed by atoms with Gasteiger partial charge in [-0.25, -0.2) is 0 Å². The Balaban J connectivity index is 1.25. The second kappa shape index (κ2) is 15.5. The molecule has 9 heteroatoms. The van der Waals surface area contributed by atoms with Crippen LogP contribution in [0, 0.1) is 17.3 Å². The molecule has 3 aliphatic rings. The van der Waals surface area contributed by atoms with Crippen molar-refractivity contribution in [1.29, 1.82) is 0 Å². The van der Waals surface area contributed by atoms with Gasteiger partial charge in [0.2, 0.25) is 0 Å². The molecule has 6 atom stereocenters. The van der Waals surface area contributed by atoms with Crippen molar-refractivity contribution in [3.8, 4) is 28.7 Å². The van der Waals surface area contributed by atoms with Crippen LogP contribution in [0.1, 0.15) is 65.5 Å². The summed E-state index contributed by atoms with van der Waals surface area (Å²) in [7, 11) is 3.08. The van der Waals surface area contributed by atoms with Crippen LogP contribution < -0.4 is 9.47 Å². The molecule has 0 heterocycles. The van der Waals surface area contributed by atoms with Crippen LogP contribution in [-0.2, 0) is 44.7 Å². The number of allylic oxidation sites excluding steroid dienone is 1. The Morgan fingerprint density at radius 3 is 2.25 bits per heavy atom. The average molecular weight is 769 g/mol. The van der Waals surface area contributed by atoms with Crippen LogP contribution in [0.25, 0.3) is 16.8 Å². The molecule has 5 aromatic carbocycles. The number of aromatic hydroxyl groups is 3. The van der Waals surface area contributed by atoms with Gasteiger partial charge in [-0.1, -0.05) is 66.7 Å². The third-order valence-corrected chi connectivity index (χ3v) is 12.6. The maximum atomic E-state index is 13.9. The van der Waals surface area contributed by atoms with Gasteiger partial charge in [0, 0.05) is 24.7 Å². The normalized spacial score (nSPS) is 23.9. The number of aryl methyl sites for hydroxylation is 1. The zero-order valence-corrected chi connectivity index (χ0v) is 32.4. The molecule has 294 valence electrons. The van der Waals surface area contributed by atoms with E-state index in [1.165, 1.54) is 14.0 Å². The van der Waals surface area contributed by atoms with E-state index >= 15 is 0 Å². The Morgan fingerprint density at radius 2 is 1.49 bits per heavy atom. The van der Waals surface area contributed by atoms with Gasteiger partial charge in [-0.05, 0) is 124 Å². The summed E-state index contributed by atoms with van der Waals surface area (Å²) < 4.78 is 24.0. The SMILES string of the molecule is COc1cc2c(cc1O)C[C@]1(C=Cc3ccccc3)[C@H](C2)[C@@H](OC(C)=O)C[C@@H](OC(=O)Cc2ccc3cc(O)ccc3c2)C[C@@H]2c3cc(OC)c(O)cc3CC[C@@H]21. The molecule has 0 amide bonds. The van der Waals surface area contributed by atoms with Gasteiger partial charge in [0.15, 0.2) is 23.0 Å². The van der Waals surface area contributed by atoms with Crippen molar-refractivity contribution in [2.75, 3.05) is 14.2 Å². The third-order valence-electron chi connectivity index (χ3n) is 12.6. The predicted octanol–water partition coefficient (Wildman–Crippen LogP) is 8.61. The summed E-state index contributed by atoms with van der Waals surface area (Å²) in [6.07, 6.45) is 6.62. The monoisotopic (exact) mass is 768 g/mol. The first-order valence-electron chi connectivity index (χ1n) is 19.6. The molecule has 0 unspecified atom stereocenters. The minimum absolute atomic E-state index is 0.0296. The van der Waals surface area contributed by atoms with Gasteiger partial charge >= 0.3 is 11.9 Å². The Labute approximate surface area is 332 Å². The summed E-state index contributed by atoms with van der Waals surface area (Å²) in [6, 6.07) is 28.4. The van der Waals surface area contributed by atoms with Crippen molar-refractivity contribution in [3.05, 3.63) is 130 Å². The van der Waals surface area contributed by atoms with Crippen molar-refractivity contribution in [3.63, 3.8) is 0 Å². The number of phenolic OH excluding ortho intramolecular Hbond substituents is 3. The first kappa shape index (κ1) is 37.9. The number of hydrogen-bond donors (Lipinski definition) is 3. The van der Waals surface area contributed by atoms with Crippen LogP contribution in [-0.4, -0.2) is 53.7 Å². The van der Waals surface area contributed by atoms with E-state index in [0.717, 1.165) is 50.6 Å². The molecular formula is C48H48O9. The summed E-state index contributed by atoms with van der Waals surface area (Å²) in [5, 5.41) is 33.7. The molecule has 8 rings (SSSR count). The van der Waals surface area contributed by atoms with E-state index in [1.54, 1.807) is 25.3 Å². The van der Waals surface area contributed by atoms with Gasteiger partial charge in [0.05, 0.1) is 20.6 Å². The zero-order valence-electron chi connectivity index (χ0n) is 32.4. The highest BCUT2D eigenvalue weighted by molar-refractivity contribution is 5.85. The molecule has 0 radical (unpaired) electrons. The highest BCUT2D eigenvalue weighted by atomic mass is 16.6. The van der Waals surface area contributed by atoms with E-state index < -0.39 is 23.6 Å². The summed E-state index contributed by atoms with van der Waals surface area (Å²) in [5.74, 6) is -0.118. The van der Waals surface area contributed by atoms with Gasteiger partial charge < -0.3 is 34.3 Å². The number of esters is 2.